The number of benzene rings is 2. The molecular weight excluding hydrogens is 438 g/mol. The summed E-state index contributed by atoms with van der Waals surface area (Å²) in [6, 6.07) is 14.5. The minimum atomic E-state index is -3.50. The number of likely N-dealkylation sites (N-methyl/N-ethyl adjacent to an activating group) is 1. The Morgan fingerprint density at radius 1 is 1.03 bits per heavy atom. The van der Waals surface area contributed by atoms with Crippen LogP contribution in [-0.4, -0.2) is 50.5 Å². The van der Waals surface area contributed by atoms with Crippen molar-refractivity contribution in [1.29, 1.82) is 0 Å². The van der Waals surface area contributed by atoms with E-state index in [0.717, 1.165) is 16.7 Å². The quantitative estimate of drug-likeness (QED) is 0.542. The number of rotatable bonds is 11. The molecule has 8 heteroatoms. The van der Waals surface area contributed by atoms with E-state index in [0.29, 0.717) is 25.2 Å². The standard InChI is InChI=1S/C25H35N3O4S/c1-6-26-25(30)21(4)27(18-22-12-7-10-19(2)16-22)24(29)14-9-15-28(33(5,31)32)23-13-8-11-20(3)17-23/h7-8,10-13,16-17,21H,6,9,14-15,18H2,1-5H3,(H,26,30)/t21-/m0/s1. The Labute approximate surface area is 197 Å². The van der Waals surface area contributed by atoms with Gasteiger partial charge in [0.1, 0.15) is 6.04 Å². The van der Waals surface area contributed by atoms with Gasteiger partial charge in [-0.25, -0.2) is 8.42 Å². The van der Waals surface area contributed by atoms with Gasteiger partial charge in [0.25, 0.3) is 0 Å². The zero-order valence-corrected chi connectivity index (χ0v) is 21.0. The van der Waals surface area contributed by atoms with Crippen molar-refractivity contribution in [2.24, 2.45) is 0 Å². The molecule has 0 radical (unpaired) electrons. The van der Waals surface area contributed by atoms with E-state index in [4.69, 9.17) is 0 Å². The third-order valence-electron chi connectivity index (χ3n) is 5.40. The molecule has 0 aliphatic rings. The fourth-order valence-corrected chi connectivity index (χ4v) is 4.66. The maximum Gasteiger partial charge on any atom is 0.242 e. The zero-order chi connectivity index (χ0) is 24.6. The van der Waals surface area contributed by atoms with Crippen LogP contribution in [0.4, 0.5) is 5.69 Å². The average Bonchev–Trinajstić information content (AvgIpc) is 2.73. The monoisotopic (exact) mass is 473 g/mol. The van der Waals surface area contributed by atoms with Crippen LogP contribution in [0.2, 0.25) is 0 Å². The highest BCUT2D eigenvalue weighted by molar-refractivity contribution is 7.92. The number of amides is 2. The molecule has 0 aliphatic carbocycles. The number of sulfonamides is 1. The van der Waals surface area contributed by atoms with E-state index in [1.165, 1.54) is 10.6 Å². The van der Waals surface area contributed by atoms with Crippen LogP contribution in [0.15, 0.2) is 48.5 Å². The molecule has 33 heavy (non-hydrogen) atoms. The van der Waals surface area contributed by atoms with E-state index in [1.54, 1.807) is 17.9 Å². The van der Waals surface area contributed by atoms with Gasteiger partial charge in [-0.1, -0.05) is 42.0 Å². The third kappa shape index (κ3) is 7.89. The molecular formula is C25H35N3O4S. The van der Waals surface area contributed by atoms with Gasteiger partial charge in [-0.3, -0.25) is 13.9 Å². The fourth-order valence-electron chi connectivity index (χ4n) is 3.70. The molecule has 2 aromatic rings. The summed E-state index contributed by atoms with van der Waals surface area (Å²) in [6.45, 7) is 8.41. The van der Waals surface area contributed by atoms with E-state index in [9.17, 15) is 18.0 Å². The number of nitrogens with zero attached hydrogens (tertiary/aromatic N) is 2. The summed E-state index contributed by atoms with van der Waals surface area (Å²) in [5, 5.41) is 2.78. The maximum absolute atomic E-state index is 13.2. The molecule has 0 unspecified atom stereocenters. The lowest BCUT2D eigenvalue weighted by atomic mass is 10.1. The van der Waals surface area contributed by atoms with E-state index in [2.05, 4.69) is 5.32 Å². The van der Waals surface area contributed by atoms with Gasteiger partial charge in [-0.15, -0.1) is 0 Å². The summed E-state index contributed by atoms with van der Waals surface area (Å²) in [5.74, 6) is -0.399. The SMILES string of the molecule is CCNC(=O)[C@H](C)N(Cc1cccc(C)c1)C(=O)CCCN(c1cccc(C)c1)S(C)(=O)=O. The normalized spacial score (nSPS) is 12.2. The molecule has 0 aromatic heterocycles. The van der Waals surface area contributed by atoms with Gasteiger partial charge in [0.05, 0.1) is 11.9 Å². The van der Waals surface area contributed by atoms with Gasteiger partial charge in [0.15, 0.2) is 0 Å². The second kappa shape index (κ2) is 11.8. The van der Waals surface area contributed by atoms with E-state index in [1.807, 2.05) is 63.2 Å². The van der Waals surface area contributed by atoms with Gasteiger partial charge >= 0.3 is 0 Å². The smallest absolute Gasteiger partial charge is 0.242 e. The minimum absolute atomic E-state index is 0.132. The second-order valence-corrected chi connectivity index (χ2v) is 10.3. The fraction of sp³-hybridized carbons (Fsp3) is 0.440. The van der Waals surface area contributed by atoms with Crippen LogP contribution in [0, 0.1) is 13.8 Å². The van der Waals surface area contributed by atoms with Crippen molar-refractivity contribution in [2.75, 3.05) is 23.7 Å². The summed E-state index contributed by atoms with van der Waals surface area (Å²) < 4.78 is 26.1. The number of anilines is 1. The molecule has 180 valence electrons. The van der Waals surface area contributed by atoms with Crippen LogP contribution < -0.4 is 9.62 Å². The number of nitrogens with one attached hydrogen (secondary N) is 1. The summed E-state index contributed by atoms with van der Waals surface area (Å²) >= 11 is 0. The molecule has 0 saturated carbocycles. The van der Waals surface area contributed by atoms with Crippen LogP contribution in [-0.2, 0) is 26.2 Å². The van der Waals surface area contributed by atoms with E-state index < -0.39 is 16.1 Å². The van der Waals surface area contributed by atoms with Crippen molar-refractivity contribution in [3.05, 3.63) is 65.2 Å². The molecule has 1 N–H and O–H groups in total. The molecule has 2 amide bonds. The van der Waals surface area contributed by atoms with Gasteiger partial charge in [-0.05, 0) is 57.4 Å². The number of carbonyl (C=O) groups is 2. The van der Waals surface area contributed by atoms with Crippen molar-refractivity contribution in [2.45, 2.75) is 53.1 Å². The Hall–Kier alpha value is -2.87. The number of aryl methyl sites for hydroxylation is 2. The van der Waals surface area contributed by atoms with Crippen LogP contribution in [0.3, 0.4) is 0 Å². The van der Waals surface area contributed by atoms with Gasteiger partial charge in [0.2, 0.25) is 21.8 Å². The molecule has 2 rings (SSSR count). The van der Waals surface area contributed by atoms with Crippen molar-refractivity contribution in [3.8, 4) is 0 Å². The van der Waals surface area contributed by atoms with Crippen molar-refractivity contribution in [1.82, 2.24) is 10.2 Å². The Kier molecular flexibility index (Phi) is 9.46. The highest BCUT2D eigenvalue weighted by Gasteiger charge is 2.26. The van der Waals surface area contributed by atoms with Crippen LogP contribution in [0.1, 0.15) is 43.4 Å². The average molecular weight is 474 g/mol. The summed E-state index contributed by atoms with van der Waals surface area (Å²) in [5.41, 5.74) is 3.55. The lowest BCUT2D eigenvalue weighted by Gasteiger charge is -2.29. The van der Waals surface area contributed by atoms with Gasteiger partial charge in [0, 0.05) is 26.1 Å². The molecule has 0 heterocycles. The zero-order valence-electron chi connectivity index (χ0n) is 20.2. The van der Waals surface area contributed by atoms with E-state index >= 15 is 0 Å². The van der Waals surface area contributed by atoms with Crippen LogP contribution in [0.5, 0.6) is 0 Å². The molecule has 0 saturated heterocycles. The lowest BCUT2D eigenvalue weighted by molar-refractivity contribution is -0.140. The molecule has 0 aliphatic heterocycles. The lowest BCUT2D eigenvalue weighted by Crippen LogP contribution is -2.47. The largest absolute Gasteiger partial charge is 0.355 e. The predicted octanol–water partition coefficient (Wildman–Crippen LogP) is 3.40. The number of carbonyl (C=O) groups excluding carboxylic acids is 2. The summed E-state index contributed by atoms with van der Waals surface area (Å²) in [4.78, 5) is 27.2. The molecule has 2 aromatic carbocycles. The highest BCUT2D eigenvalue weighted by atomic mass is 32.2. The van der Waals surface area contributed by atoms with E-state index in [-0.39, 0.29) is 24.8 Å². The minimum Gasteiger partial charge on any atom is -0.355 e. The summed E-state index contributed by atoms with van der Waals surface area (Å²) in [7, 11) is -3.50. The van der Waals surface area contributed by atoms with Crippen molar-refractivity contribution >= 4 is 27.5 Å². The third-order valence-corrected chi connectivity index (χ3v) is 6.59. The Balaban J connectivity index is 2.15. The maximum atomic E-state index is 13.2. The first-order valence-electron chi connectivity index (χ1n) is 11.2. The number of hydrogen-bond acceptors (Lipinski definition) is 4. The molecule has 1 atom stereocenters. The Bertz CT molecular complexity index is 1070. The Morgan fingerprint density at radius 3 is 2.24 bits per heavy atom. The summed E-state index contributed by atoms with van der Waals surface area (Å²) in [6.07, 6.45) is 1.64. The van der Waals surface area contributed by atoms with Crippen LogP contribution >= 0.6 is 0 Å². The second-order valence-electron chi connectivity index (χ2n) is 8.36. The van der Waals surface area contributed by atoms with Crippen molar-refractivity contribution < 1.29 is 18.0 Å². The predicted molar refractivity (Wildman–Crippen MR) is 132 cm³/mol. The molecule has 0 bridgehead atoms. The van der Waals surface area contributed by atoms with Crippen LogP contribution in [0.25, 0.3) is 0 Å². The first-order chi connectivity index (χ1) is 15.5. The Morgan fingerprint density at radius 2 is 1.67 bits per heavy atom. The number of hydrogen-bond donors (Lipinski definition) is 1. The molecule has 0 fully saturated rings. The van der Waals surface area contributed by atoms with Crippen molar-refractivity contribution in [3.63, 3.8) is 0 Å². The first-order valence-corrected chi connectivity index (χ1v) is 13.0. The molecule has 7 nitrogen and oxygen atoms in total. The van der Waals surface area contributed by atoms with Gasteiger partial charge in [-0.2, -0.15) is 0 Å². The highest BCUT2D eigenvalue weighted by Crippen LogP contribution is 2.20. The van der Waals surface area contributed by atoms with Gasteiger partial charge < -0.3 is 10.2 Å². The molecule has 0 spiro atoms. The topological polar surface area (TPSA) is 86.8 Å². The first kappa shape index (κ1) is 26.4.